The van der Waals surface area contributed by atoms with Gasteiger partial charge in [0.15, 0.2) is 0 Å². The smallest absolute Gasteiger partial charge is 0.410 e. The molecule has 24 heavy (non-hydrogen) atoms. The van der Waals surface area contributed by atoms with Gasteiger partial charge in [-0.1, -0.05) is 18.9 Å². The minimum atomic E-state index is -0.461. The van der Waals surface area contributed by atoms with E-state index in [0.29, 0.717) is 6.04 Å². The van der Waals surface area contributed by atoms with Crippen LogP contribution in [-0.4, -0.2) is 34.2 Å². The molecule has 1 aromatic rings. The molecule has 0 bridgehead atoms. The summed E-state index contributed by atoms with van der Waals surface area (Å²) in [4.78, 5) is 18.8. The van der Waals surface area contributed by atoms with Crippen LogP contribution in [-0.2, 0) is 4.74 Å². The number of nitrogens with zero attached hydrogens (tertiary/aromatic N) is 2. The highest BCUT2D eigenvalue weighted by molar-refractivity contribution is 5.69. The van der Waals surface area contributed by atoms with Crippen molar-refractivity contribution < 1.29 is 9.53 Å². The van der Waals surface area contributed by atoms with Crippen molar-refractivity contribution in [3.05, 3.63) is 23.9 Å². The lowest BCUT2D eigenvalue weighted by atomic mass is 10.1. The largest absolute Gasteiger partial charge is 0.444 e. The summed E-state index contributed by atoms with van der Waals surface area (Å²) in [6, 6.07) is 4.78. The SMILES string of the molecule is CC(C)(C)OC(=O)N1CCC[C@@H]1c1ccc(NC2CCCC2)nc1. The highest BCUT2D eigenvalue weighted by atomic mass is 16.6. The zero-order chi connectivity index (χ0) is 17.2. The summed E-state index contributed by atoms with van der Waals surface area (Å²) in [6.07, 6.45) is 8.74. The van der Waals surface area contributed by atoms with E-state index < -0.39 is 5.60 Å². The van der Waals surface area contributed by atoms with Gasteiger partial charge in [-0.05, 0) is 58.1 Å². The fraction of sp³-hybridized carbons (Fsp3) is 0.684. The quantitative estimate of drug-likeness (QED) is 0.885. The van der Waals surface area contributed by atoms with Crippen LogP contribution in [0.2, 0.25) is 0 Å². The number of hydrogen-bond acceptors (Lipinski definition) is 4. The molecule has 1 aliphatic carbocycles. The Morgan fingerprint density at radius 1 is 1.21 bits per heavy atom. The standard InChI is InChI=1S/C19H29N3O2/c1-19(2,3)24-18(23)22-12-6-9-16(22)14-10-11-17(20-13-14)21-15-7-4-5-8-15/h10-11,13,15-16H,4-9,12H2,1-3H3,(H,20,21)/t16-/m1/s1. The molecule has 1 saturated carbocycles. The molecule has 1 aliphatic heterocycles. The summed E-state index contributed by atoms with van der Waals surface area (Å²) >= 11 is 0. The number of anilines is 1. The van der Waals surface area contributed by atoms with Gasteiger partial charge in [-0.3, -0.25) is 0 Å². The van der Waals surface area contributed by atoms with Gasteiger partial charge in [-0.25, -0.2) is 9.78 Å². The Bertz CT molecular complexity index is 559. The number of nitrogens with one attached hydrogen (secondary N) is 1. The number of amides is 1. The average Bonchev–Trinajstić information content (AvgIpc) is 3.17. The molecule has 1 N–H and O–H groups in total. The fourth-order valence-electron chi connectivity index (χ4n) is 3.62. The van der Waals surface area contributed by atoms with Gasteiger partial charge in [0.05, 0.1) is 6.04 Å². The molecule has 2 aliphatic rings. The van der Waals surface area contributed by atoms with E-state index in [2.05, 4.69) is 16.4 Å². The number of likely N-dealkylation sites (tertiary alicyclic amines) is 1. The zero-order valence-corrected chi connectivity index (χ0v) is 15.0. The van der Waals surface area contributed by atoms with Crippen molar-refractivity contribution in [1.82, 2.24) is 9.88 Å². The lowest BCUT2D eigenvalue weighted by Crippen LogP contribution is -2.36. The third-order valence-electron chi connectivity index (χ3n) is 4.76. The lowest BCUT2D eigenvalue weighted by Gasteiger charge is -2.28. The second-order valence-electron chi connectivity index (χ2n) is 7.93. The Kier molecular flexibility index (Phi) is 4.97. The van der Waals surface area contributed by atoms with E-state index in [1.807, 2.05) is 37.9 Å². The normalized spacial score (nSPS) is 22.0. The maximum Gasteiger partial charge on any atom is 0.410 e. The Hall–Kier alpha value is -1.78. The van der Waals surface area contributed by atoms with Crippen LogP contribution < -0.4 is 5.32 Å². The van der Waals surface area contributed by atoms with Crippen molar-refractivity contribution in [3.63, 3.8) is 0 Å². The lowest BCUT2D eigenvalue weighted by molar-refractivity contribution is 0.0224. The van der Waals surface area contributed by atoms with Crippen LogP contribution in [0.25, 0.3) is 0 Å². The van der Waals surface area contributed by atoms with E-state index in [1.165, 1.54) is 25.7 Å². The molecule has 1 amide bonds. The average molecular weight is 331 g/mol. The first-order chi connectivity index (χ1) is 11.4. The van der Waals surface area contributed by atoms with Crippen LogP contribution in [0.3, 0.4) is 0 Å². The first-order valence-electron chi connectivity index (χ1n) is 9.14. The molecular weight excluding hydrogens is 302 g/mol. The molecule has 2 heterocycles. The summed E-state index contributed by atoms with van der Waals surface area (Å²) in [5.41, 5.74) is 0.632. The van der Waals surface area contributed by atoms with Gasteiger partial charge in [0.2, 0.25) is 0 Å². The number of carbonyl (C=O) groups excluding carboxylic acids is 1. The minimum Gasteiger partial charge on any atom is -0.444 e. The number of aromatic nitrogens is 1. The van der Waals surface area contributed by atoms with Crippen molar-refractivity contribution in [2.24, 2.45) is 0 Å². The van der Waals surface area contributed by atoms with E-state index in [1.54, 1.807) is 0 Å². The molecule has 0 radical (unpaired) electrons. The predicted octanol–water partition coefficient (Wildman–Crippen LogP) is 4.51. The van der Waals surface area contributed by atoms with Gasteiger partial charge in [0.1, 0.15) is 11.4 Å². The third kappa shape index (κ3) is 4.19. The van der Waals surface area contributed by atoms with E-state index in [4.69, 9.17) is 4.74 Å². The van der Waals surface area contributed by atoms with Gasteiger partial charge in [-0.2, -0.15) is 0 Å². The molecule has 3 rings (SSSR count). The molecular formula is C19H29N3O2. The Labute approximate surface area is 144 Å². The summed E-state index contributed by atoms with van der Waals surface area (Å²) in [6.45, 7) is 6.46. The second kappa shape index (κ2) is 6.99. The maximum absolute atomic E-state index is 12.4. The van der Waals surface area contributed by atoms with Crippen LogP contribution in [0.1, 0.15) is 70.9 Å². The Morgan fingerprint density at radius 2 is 1.96 bits per heavy atom. The number of carbonyl (C=O) groups is 1. The van der Waals surface area contributed by atoms with Crippen LogP contribution in [0.4, 0.5) is 10.6 Å². The third-order valence-corrected chi connectivity index (χ3v) is 4.76. The van der Waals surface area contributed by atoms with Gasteiger partial charge >= 0.3 is 6.09 Å². The van der Waals surface area contributed by atoms with E-state index >= 15 is 0 Å². The van der Waals surface area contributed by atoms with Crippen molar-refractivity contribution in [2.45, 2.75) is 77.0 Å². The Balaban J connectivity index is 1.65. The molecule has 0 aromatic carbocycles. The molecule has 132 valence electrons. The van der Waals surface area contributed by atoms with Crippen LogP contribution in [0.15, 0.2) is 18.3 Å². The molecule has 2 fully saturated rings. The Morgan fingerprint density at radius 3 is 2.58 bits per heavy atom. The van der Waals surface area contributed by atoms with Crippen LogP contribution in [0.5, 0.6) is 0 Å². The fourth-order valence-corrected chi connectivity index (χ4v) is 3.62. The summed E-state index contributed by atoms with van der Waals surface area (Å²) in [7, 11) is 0. The van der Waals surface area contributed by atoms with Gasteiger partial charge in [-0.15, -0.1) is 0 Å². The van der Waals surface area contributed by atoms with Crippen molar-refractivity contribution in [3.8, 4) is 0 Å². The molecule has 1 aromatic heterocycles. The first kappa shape index (κ1) is 17.1. The minimum absolute atomic E-state index is 0.0767. The summed E-state index contributed by atoms with van der Waals surface area (Å²) < 4.78 is 5.54. The predicted molar refractivity (Wildman–Crippen MR) is 95.0 cm³/mol. The molecule has 5 nitrogen and oxygen atoms in total. The molecule has 5 heteroatoms. The second-order valence-corrected chi connectivity index (χ2v) is 7.93. The molecule has 0 spiro atoms. The highest BCUT2D eigenvalue weighted by Gasteiger charge is 2.33. The molecule has 0 unspecified atom stereocenters. The number of ether oxygens (including phenoxy) is 1. The van der Waals surface area contributed by atoms with E-state index in [-0.39, 0.29) is 12.1 Å². The monoisotopic (exact) mass is 331 g/mol. The summed E-state index contributed by atoms with van der Waals surface area (Å²) in [5, 5.41) is 3.51. The van der Waals surface area contributed by atoms with E-state index in [0.717, 1.165) is 30.8 Å². The van der Waals surface area contributed by atoms with Gasteiger partial charge in [0.25, 0.3) is 0 Å². The molecule has 1 atom stereocenters. The number of rotatable bonds is 3. The van der Waals surface area contributed by atoms with Crippen LogP contribution >= 0.6 is 0 Å². The number of hydrogen-bond donors (Lipinski definition) is 1. The van der Waals surface area contributed by atoms with Gasteiger partial charge < -0.3 is 15.0 Å². The van der Waals surface area contributed by atoms with Gasteiger partial charge in [0, 0.05) is 18.8 Å². The van der Waals surface area contributed by atoms with E-state index in [9.17, 15) is 4.79 Å². The van der Waals surface area contributed by atoms with Crippen molar-refractivity contribution in [2.75, 3.05) is 11.9 Å². The van der Waals surface area contributed by atoms with Crippen molar-refractivity contribution in [1.29, 1.82) is 0 Å². The maximum atomic E-state index is 12.4. The van der Waals surface area contributed by atoms with Crippen molar-refractivity contribution >= 4 is 11.9 Å². The highest BCUT2D eigenvalue weighted by Crippen LogP contribution is 2.33. The first-order valence-corrected chi connectivity index (χ1v) is 9.14. The van der Waals surface area contributed by atoms with Crippen LogP contribution in [0, 0.1) is 0 Å². The number of pyridine rings is 1. The molecule has 1 saturated heterocycles. The topological polar surface area (TPSA) is 54.5 Å². The zero-order valence-electron chi connectivity index (χ0n) is 15.0. The summed E-state index contributed by atoms with van der Waals surface area (Å²) in [5.74, 6) is 0.937.